The molecule has 0 radical (unpaired) electrons. The number of phosphoric ester groups is 3. The Morgan fingerprint density at radius 2 is 1.75 bits per heavy atom. The number of imidazole rings is 1. The average Bonchev–Trinajstić information content (AvgIpc) is 3.58. The summed E-state index contributed by atoms with van der Waals surface area (Å²) in [6, 6.07) is 0. The average molecular weight is 840 g/mol. The molecule has 10 N–H and O–H groups in total. The molecule has 1 aliphatic heterocycles. The fourth-order valence-corrected chi connectivity index (χ4v) is 7.79. The highest BCUT2D eigenvalue weighted by Gasteiger charge is 2.50. The van der Waals surface area contributed by atoms with Crippen molar-refractivity contribution in [2.45, 2.75) is 57.3 Å². The van der Waals surface area contributed by atoms with Gasteiger partial charge in [0.25, 0.3) is 0 Å². The molecule has 2 aromatic rings. The summed E-state index contributed by atoms with van der Waals surface area (Å²) < 4.78 is 83.9. The Morgan fingerprint density at radius 1 is 1.09 bits per heavy atom. The van der Waals surface area contributed by atoms with Crippen molar-refractivity contribution in [2.75, 3.05) is 38.3 Å². The summed E-state index contributed by atoms with van der Waals surface area (Å²) in [7, 11) is -19.7. The van der Waals surface area contributed by atoms with Crippen molar-refractivity contribution in [1.82, 2.24) is 30.2 Å². The number of sulfone groups is 1. The molecular weight excluding hydrogens is 799 g/mol. The van der Waals surface area contributed by atoms with Crippen molar-refractivity contribution >= 4 is 62.1 Å². The van der Waals surface area contributed by atoms with Crippen molar-refractivity contribution in [3.05, 3.63) is 24.1 Å². The Balaban J connectivity index is 1.53. The maximum atomic E-state index is 12.6. The molecule has 25 nitrogen and oxygen atoms in total. The maximum Gasteiger partial charge on any atom is 0.481 e. The number of hydrogen-bond acceptors (Lipinski definition) is 18. The van der Waals surface area contributed by atoms with Crippen LogP contribution in [0.25, 0.3) is 11.2 Å². The standard InChI is InChI=1S/C24H40N7O18P3S/c1-24(2,19(34)22(35)27-8-6-15(32)26-7-4-5-9-53(3,43)44)11-46-52(41,42)49-51(39,40)45-10-14-18(48-50(36,37)38)17(33)23(47-14)31-13-30-16-20(25)28-12-29-21(16)31/h5,9,12-14,17-19,23,33-34H,4,6-8,10-11H2,1-3H3,(H,26,32)(H,27,35)(H,39,40)(H,41,42)(H2,25,28,29)(H2,36,37,38)/t14-,17-,18-,19+,23-/m1/s1. The zero-order chi connectivity index (χ0) is 40.0. The van der Waals surface area contributed by atoms with Crippen LogP contribution in [0.3, 0.4) is 0 Å². The molecule has 53 heavy (non-hydrogen) atoms. The molecule has 29 heteroatoms. The third kappa shape index (κ3) is 13.8. The number of fused-ring (bicyclic) bond motifs is 1. The Labute approximate surface area is 301 Å². The second kappa shape index (κ2) is 17.8. The van der Waals surface area contributed by atoms with Crippen LogP contribution in [-0.4, -0.2) is 127 Å². The first kappa shape index (κ1) is 44.6. The topological polar surface area (TPSA) is 381 Å². The fraction of sp³-hybridized carbons (Fsp3) is 0.625. The summed E-state index contributed by atoms with van der Waals surface area (Å²) >= 11 is 0. The van der Waals surface area contributed by atoms with Gasteiger partial charge in [-0.1, -0.05) is 19.9 Å². The van der Waals surface area contributed by atoms with E-state index in [4.69, 9.17) is 19.5 Å². The highest BCUT2D eigenvalue weighted by molar-refractivity contribution is 7.93. The molecule has 1 aliphatic rings. The van der Waals surface area contributed by atoms with E-state index < -0.39 is 94.4 Å². The predicted octanol–water partition coefficient (Wildman–Crippen LogP) is -1.65. The Kier molecular flexibility index (Phi) is 15.0. The minimum Gasteiger partial charge on any atom is -0.386 e. The number of phosphoric acid groups is 3. The normalized spacial score (nSPS) is 22.7. The fourth-order valence-electron chi connectivity index (χ4n) is 4.48. The number of nitrogen functional groups attached to an aromatic ring is 1. The molecule has 300 valence electrons. The largest absolute Gasteiger partial charge is 0.481 e. The van der Waals surface area contributed by atoms with Gasteiger partial charge < -0.3 is 50.9 Å². The second-order valence-electron chi connectivity index (χ2n) is 12.1. The predicted molar refractivity (Wildman–Crippen MR) is 178 cm³/mol. The summed E-state index contributed by atoms with van der Waals surface area (Å²) in [6.07, 6.45) is -4.41. The quantitative estimate of drug-likeness (QED) is 0.0533. The van der Waals surface area contributed by atoms with Gasteiger partial charge in [0, 0.05) is 36.6 Å². The molecule has 0 saturated carbocycles. The van der Waals surface area contributed by atoms with Gasteiger partial charge >= 0.3 is 23.5 Å². The van der Waals surface area contributed by atoms with Crippen molar-refractivity contribution in [2.24, 2.45) is 5.41 Å². The van der Waals surface area contributed by atoms with Crippen LogP contribution in [0.1, 0.15) is 32.9 Å². The lowest BCUT2D eigenvalue weighted by Crippen LogP contribution is -2.46. The van der Waals surface area contributed by atoms with Crippen LogP contribution in [0, 0.1) is 5.41 Å². The minimum absolute atomic E-state index is 0.0241. The molecule has 3 heterocycles. The number of aromatic nitrogens is 4. The van der Waals surface area contributed by atoms with E-state index in [1.165, 1.54) is 19.9 Å². The minimum atomic E-state index is -5.57. The van der Waals surface area contributed by atoms with Crippen LogP contribution in [0.2, 0.25) is 0 Å². The van der Waals surface area contributed by atoms with Gasteiger partial charge in [0.1, 0.15) is 36.3 Å². The van der Waals surface area contributed by atoms with E-state index in [1.54, 1.807) is 0 Å². The van der Waals surface area contributed by atoms with Crippen molar-refractivity contribution in [3.8, 4) is 0 Å². The first-order valence-corrected chi connectivity index (χ1v) is 21.5. The molecule has 1 fully saturated rings. The number of aliphatic hydroxyl groups is 2. The lowest BCUT2D eigenvalue weighted by Gasteiger charge is -2.30. The number of hydrogen-bond donors (Lipinski definition) is 9. The van der Waals surface area contributed by atoms with E-state index in [9.17, 15) is 61.5 Å². The summed E-state index contributed by atoms with van der Waals surface area (Å²) in [5, 5.41) is 27.1. The molecular formula is C24H40N7O18P3S. The highest BCUT2D eigenvalue weighted by Crippen LogP contribution is 2.61. The number of nitrogens with two attached hydrogens (primary N) is 1. The summed E-state index contributed by atoms with van der Waals surface area (Å²) in [6.45, 7) is 0.315. The van der Waals surface area contributed by atoms with E-state index >= 15 is 0 Å². The van der Waals surface area contributed by atoms with Gasteiger partial charge in [-0.3, -0.25) is 27.7 Å². The van der Waals surface area contributed by atoms with Crippen LogP contribution < -0.4 is 16.4 Å². The van der Waals surface area contributed by atoms with Crippen LogP contribution in [0.5, 0.6) is 0 Å². The number of rotatable bonds is 20. The number of carbonyl (C=O) groups is 2. The number of ether oxygens (including phenoxy) is 1. The number of amides is 2. The van der Waals surface area contributed by atoms with Crippen LogP contribution in [0.4, 0.5) is 5.82 Å². The third-order valence-corrected chi connectivity index (χ3v) is 10.8. The lowest BCUT2D eigenvalue weighted by molar-refractivity contribution is -0.137. The molecule has 0 spiro atoms. The van der Waals surface area contributed by atoms with Gasteiger partial charge in [-0.25, -0.2) is 37.1 Å². The molecule has 0 aliphatic carbocycles. The third-order valence-electron chi connectivity index (χ3n) is 7.05. The second-order valence-corrected chi connectivity index (χ2v) is 18.2. The summed E-state index contributed by atoms with van der Waals surface area (Å²) in [4.78, 5) is 75.1. The van der Waals surface area contributed by atoms with Gasteiger partial charge in [0.2, 0.25) is 11.8 Å². The van der Waals surface area contributed by atoms with Crippen LogP contribution in [-0.2, 0) is 55.7 Å². The number of aliphatic hydroxyl groups excluding tert-OH is 2. The molecule has 0 aromatic carbocycles. The molecule has 2 aromatic heterocycles. The van der Waals surface area contributed by atoms with Crippen molar-refractivity contribution < 1.29 is 84.1 Å². The van der Waals surface area contributed by atoms with Crippen LogP contribution >= 0.6 is 23.5 Å². The van der Waals surface area contributed by atoms with Gasteiger partial charge in [-0.05, 0) is 6.42 Å². The molecule has 0 bridgehead atoms. The molecule has 2 amide bonds. The first-order valence-electron chi connectivity index (χ1n) is 15.1. The molecule has 2 unspecified atom stereocenters. The number of anilines is 1. The Morgan fingerprint density at radius 3 is 2.40 bits per heavy atom. The SMILES string of the molecule is CC(C)(COP(=O)(O)OP(=O)(O)OC[C@H]1O[C@@H](n2cnc3c(N)ncnc32)[C@H](O)[C@@H]1OP(=O)(O)O)[C@@H](O)C(=O)NCCC(=O)NCCC=CS(C)(=O)=O. The zero-order valence-electron chi connectivity index (χ0n) is 28.1. The molecule has 3 rings (SSSR count). The van der Waals surface area contributed by atoms with E-state index in [1.807, 2.05) is 0 Å². The van der Waals surface area contributed by atoms with E-state index in [0.717, 1.165) is 28.9 Å². The lowest BCUT2D eigenvalue weighted by atomic mass is 9.87. The van der Waals surface area contributed by atoms with E-state index in [-0.39, 0.29) is 42.9 Å². The number of nitrogens with one attached hydrogen (secondary N) is 2. The highest BCUT2D eigenvalue weighted by atomic mass is 32.2. The first-order chi connectivity index (χ1) is 24.3. The van der Waals surface area contributed by atoms with E-state index in [0.29, 0.717) is 0 Å². The van der Waals surface area contributed by atoms with Crippen molar-refractivity contribution in [1.29, 1.82) is 0 Å². The molecule has 7 atom stereocenters. The maximum absolute atomic E-state index is 12.6. The van der Waals surface area contributed by atoms with Gasteiger partial charge in [0.15, 0.2) is 27.5 Å². The monoisotopic (exact) mass is 839 g/mol. The summed E-state index contributed by atoms with van der Waals surface area (Å²) in [5.41, 5.74) is 4.22. The van der Waals surface area contributed by atoms with Gasteiger partial charge in [-0.2, -0.15) is 4.31 Å². The van der Waals surface area contributed by atoms with Gasteiger partial charge in [-0.15, -0.1) is 0 Å². The van der Waals surface area contributed by atoms with Crippen molar-refractivity contribution in [3.63, 3.8) is 0 Å². The smallest absolute Gasteiger partial charge is 0.386 e. The number of carbonyl (C=O) groups excluding carboxylic acids is 2. The number of nitrogens with zero attached hydrogens (tertiary/aromatic N) is 4. The summed E-state index contributed by atoms with van der Waals surface area (Å²) in [5.74, 6) is -1.54. The molecule has 1 saturated heterocycles. The van der Waals surface area contributed by atoms with E-state index in [2.05, 4.69) is 34.4 Å². The van der Waals surface area contributed by atoms with Gasteiger partial charge in [0.05, 0.1) is 19.5 Å². The zero-order valence-corrected chi connectivity index (χ0v) is 31.6. The Hall–Kier alpha value is -2.77. The Bertz CT molecular complexity index is 1910. The van der Waals surface area contributed by atoms with Crippen LogP contribution in [0.15, 0.2) is 24.1 Å².